The molecule has 0 bridgehead atoms. The number of para-hydroxylation sites is 3. The average Bonchev–Trinajstić information content (AvgIpc) is 3.42. The number of rotatable bonds is 3. The monoisotopic (exact) mass is 517 g/mol. The summed E-state index contributed by atoms with van der Waals surface area (Å²) in [5.74, 6) is 0.815. The summed E-state index contributed by atoms with van der Waals surface area (Å²) in [5, 5.41) is 2.46. The van der Waals surface area contributed by atoms with Gasteiger partial charge >= 0.3 is 0 Å². The Balaban J connectivity index is 1.59. The van der Waals surface area contributed by atoms with E-state index in [1.165, 1.54) is 21.8 Å². The molecule has 7 rings (SSSR count). The van der Waals surface area contributed by atoms with E-state index >= 15 is 0 Å². The molecule has 5 nitrogen and oxygen atoms in total. The van der Waals surface area contributed by atoms with Gasteiger partial charge in [-0.25, -0.2) is 15.0 Å². The summed E-state index contributed by atoms with van der Waals surface area (Å²) in [4.78, 5) is 14.8. The standard InChI is InChI=1S/C29H20BrN5/c1-2-34-25-13-6-3-10-21(25)22-17-20(14-15-26(22)34)35-28(18-8-7-9-19(30)16-18)33-27-29(35)32-24-12-5-4-11-23(24)31-27/h3-17H,2H2,1H3. The minimum atomic E-state index is 0.634. The molecule has 0 N–H and O–H groups in total. The van der Waals surface area contributed by atoms with Crippen molar-refractivity contribution >= 4 is 60.1 Å². The van der Waals surface area contributed by atoms with Gasteiger partial charge in [-0.3, -0.25) is 4.57 Å². The molecule has 0 aliphatic rings. The first kappa shape index (κ1) is 20.4. The SMILES string of the molecule is CCn1c2ccccc2c2cc(-n3c(-c4cccc(Br)c4)nc4nc5ccccc5nc43)ccc21. The second-order valence-electron chi connectivity index (χ2n) is 8.60. The summed E-state index contributed by atoms with van der Waals surface area (Å²) < 4.78 is 5.50. The topological polar surface area (TPSA) is 48.5 Å². The van der Waals surface area contributed by atoms with Gasteiger partial charge in [-0.1, -0.05) is 58.4 Å². The second kappa shape index (κ2) is 7.75. The van der Waals surface area contributed by atoms with Crippen LogP contribution in [0.4, 0.5) is 0 Å². The molecule has 35 heavy (non-hydrogen) atoms. The number of hydrogen-bond donors (Lipinski definition) is 0. The van der Waals surface area contributed by atoms with Gasteiger partial charge < -0.3 is 4.57 Å². The smallest absolute Gasteiger partial charge is 0.199 e. The van der Waals surface area contributed by atoms with E-state index in [0.717, 1.165) is 44.8 Å². The number of aromatic nitrogens is 5. The van der Waals surface area contributed by atoms with E-state index in [9.17, 15) is 0 Å². The lowest BCUT2D eigenvalue weighted by atomic mass is 10.1. The maximum Gasteiger partial charge on any atom is 0.199 e. The van der Waals surface area contributed by atoms with Gasteiger partial charge in [0.15, 0.2) is 11.3 Å². The van der Waals surface area contributed by atoms with Crippen molar-refractivity contribution < 1.29 is 0 Å². The largest absolute Gasteiger partial charge is 0.341 e. The Labute approximate surface area is 209 Å². The van der Waals surface area contributed by atoms with E-state index in [4.69, 9.17) is 15.0 Å². The van der Waals surface area contributed by atoms with E-state index in [1.807, 2.05) is 36.4 Å². The lowest BCUT2D eigenvalue weighted by Crippen LogP contribution is -2.00. The first-order valence-electron chi connectivity index (χ1n) is 11.6. The summed E-state index contributed by atoms with van der Waals surface area (Å²) in [5.41, 5.74) is 7.56. The second-order valence-corrected chi connectivity index (χ2v) is 9.52. The van der Waals surface area contributed by atoms with Gasteiger partial charge in [-0.15, -0.1) is 0 Å². The molecule has 0 saturated heterocycles. The van der Waals surface area contributed by atoms with Crippen molar-refractivity contribution in [3.8, 4) is 17.1 Å². The molecular formula is C29H20BrN5. The van der Waals surface area contributed by atoms with Gasteiger partial charge in [0, 0.05) is 38.4 Å². The fourth-order valence-electron chi connectivity index (χ4n) is 5.04. The highest BCUT2D eigenvalue weighted by atomic mass is 79.9. The predicted octanol–water partition coefficient (Wildman–Crippen LogP) is 7.53. The number of hydrogen-bond acceptors (Lipinski definition) is 3. The number of halogens is 1. The maximum absolute atomic E-state index is 5.01. The fraction of sp³-hybridized carbons (Fsp3) is 0.0690. The summed E-state index contributed by atoms with van der Waals surface area (Å²) in [6.07, 6.45) is 0. The number of fused-ring (bicyclic) bond motifs is 5. The quantitative estimate of drug-likeness (QED) is 0.243. The number of aryl methyl sites for hydroxylation is 1. The van der Waals surface area contributed by atoms with Crippen molar-refractivity contribution in [3.63, 3.8) is 0 Å². The van der Waals surface area contributed by atoms with Crippen LogP contribution in [-0.2, 0) is 6.54 Å². The van der Waals surface area contributed by atoms with Gasteiger partial charge in [0.2, 0.25) is 0 Å². The zero-order chi connectivity index (χ0) is 23.5. The highest BCUT2D eigenvalue weighted by Crippen LogP contribution is 2.34. The van der Waals surface area contributed by atoms with Crippen LogP contribution in [0, 0.1) is 0 Å². The van der Waals surface area contributed by atoms with Crippen molar-refractivity contribution in [2.75, 3.05) is 0 Å². The lowest BCUT2D eigenvalue weighted by molar-refractivity contribution is 0.827. The Morgan fingerprint density at radius 3 is 2.31 bits per heavy atom. The molecule has 3 aromatic heterocycles. The first-order valence-corrected chi connectivity index (χ1v) is 12.4. The van der Waals surface area contributed by atoms with Crippen LogP contribution in [0.25, 0.3) is 61.2 Å². The van der Waals surface area contributed by atoms with Gasteiger partial charge in [-0.2, -0.15) is 0 Å². The third-order valence-corrected chi connectivity index (χ3v) is 7.08. The summed E-state index contributed by atoms with van der Waals surface area (Å²) >= 11 is 3.62. The predicted molar refractivity (Wildman–Crippen MR) is 146 cm³/mol. The average molecular weight is 518 g/mol. The molecule has 0 radical (unpaired) electrons. The van der Waals surface area contributed by atoms with Crippen LogP contribution >= 0.6 is 15.9 Å². The molecule has 0 saturated carbocycles. The molecule has 0 atom stereocenters. The third-order valence-electron chi connectivity index (χ3n) is 6.58. The third kappa shape index (κ3) is 3.10. The Bertz CT molecular complexity index is 1910. The van der Waals surface area contributed by atoms with Gasteiger partial charge in [0.05, 0.1) is 16.7 Å². The Kier molecular flexibility index (Phi) is 4.51. The highest BCUT2D eigenvalue weighted by Gasteiger charge is 2.19. The number of nitrogens with zero attached hydrogens (tertiary/aromatic N) is 5. The molecule has 7 aromatic rings. The minimum absolute atomic E-state index is 0.634. The summed E-state index contributed by atoms with van der Waals surface area (Å²) in [6.45, 7) is 3.10. The van der Waals surface area contributed by atoms with Crippen LogP contribution in [0.3, 0.4) is 0 Å². The molecule has 3 heterocycles. The van der Waals surface area contributed by atoms with Gasteiger partial charge in [0.25, 0.3) is 0 Å². The van der Waals surface area contributed by atoms with Crippen molar-refractivity contribution in [2.24, 2.45) is 0 Å². The molecule has 0 amide bonds. The van der Waals surface area contributed by atoms with Crippen LogP contribution in [0.2, 0.25) is 0 Å². The van der Waals surface area contributed by atoms with E-state index in [-0.39, 0.29) is 0 Å². The van der Waals surface area contributed by atoms with Crippen molar-refractivity contribution in [1.29, 1.82) is 0 Å². The zero-order valence-electron chi connectivity index (χ0n) is 19.0. The van der Waals surface area contributed by atoms with Crippen LogP contribution in [0.1, 0.15) is 6.92 Å². The molecule has 0 unspecified atom stereocenters. The molecule has 0 aliphatic carbocycles. The summed E-state index contributed by atoms with van der Waals surface area (Å²) in [6, 6.07) is 31.4. The van der Waals surface area contributed by atoms with Crippen molar-refractivity contribution in [1.82, 2.24) is 24.1 Å². The van der Waals surface area contributed by atoms with E-state index in [1.54, 1.807) is 0 Å². The Morgan fingerprint density at radius 1 is 0.714 bits per heavy atom. The molecular weight excluding hydrogens is 498 g/mol. The van der Waals surface area contributed by atoms with Gasteiger partial charge in [-0.05, 0) is 55.5 Å². The summed E-state index contributed by atoms with van der Waals surface area (Å²) in [7, 11) is 0. The van der Waals surface area contributed by atoms with E-state index in [2.05, 4.69) is 86.6 Å². The Morgan fingerprint density at radius 2 is 1.49 bits per heavy atom. The molecule has 0 spiro atoms. The van der Waals surface area contributed by atoms with E-state index < -0.39 is 0 Å². The molecule has 168 valence electrons. The van der Waals surface area contributed by atoms with Crippen LogP contribution < -0.4 is 0 Å². The lowest BCUT2D eigenvalue weighted by Gasteiger charge is -2.10. The van der Waals surface area contributed by atoms with Gasteiger partial charge in [0.1, 0.15) is 5.82 Å². The fourth-order valence-corrected chi connectivity index (χ4v) is 5.44. The maximum atomic E-state index is 5.01. The van der Waals surface area contributed by atoms with Crippen LogP contribution in [-0.4, -0.2) is 24.1 Å². The van der Waals surface area contributed by atoms with Crippen LogP contribution in [0.15, 0.2) is 95.5 Å². The van der Waals surface area contributed by atoms with Crippen LogP contribution in [0.5, 0.6) is 0 Å². The van der Waals surface area contributed by atoms with Crippen molar-refractivity contribution in [3.05, 3.63) is 95.5 Å². The minimum Gasteiger partial charge on any atom is -0.341 e. The van der Waals surface area contributed by atoms with Crippen molar-refractivity contribution in [2.45, 2.75) is 13.5 Å². The normalized spacial score (nSPS) is 11.8. The van der Waals surface area contributed by atoms with E-state index in [0.29, 0.717) is 5.65 Å². The number of benzene rings is 4. The zero-order valence-corrected chi connectivity index (χ0v) is 20.6. The highest BCUT2D eigenvalue weighted by molar-refractivity contribution is 9.10. The molecule has 0 fully saturated rings. The number of imidazole rings is 1. The molecule has 0 aliphatic heterocycles. The Hall–Kier alpha value is -4.03. The first-order chi connectivity index (χ1) is 17.2. The molecule has 6 heteroatoms. The molecule has 4 aromatic carbocycles.